The fraction of sp³-hybridized carbons (Fsp3) is 0.182. The van der Waals surface area contributed by atoms with Gasteiger partial charge in [-0.3, -0.25) is 29.8 Å². The molecule has 1 aliphatic rings. The number of nitrogens with zero attached hydrogens (tertiary/aromatic N) is 3. The average Bonchev–Trinajstić information content (AvgIpc) is 3.27. The van der Waals surface area contributed by atoms with E-state index in [2.05, 4.69) is 5.32 Å². The number of benzene rings is 2. The minimum Gasteiger partial charge on any atom is -0.334 e. The number of carbonyl (C=O) groups is 2. The molecule has 0 spiro atoms. The van der Waals surface area contributed by atoms with E-state index in [9.17, 15) is 29.8 Å². The minimum absolute atomic E-state index is 0.161. The zero-order chi connectivity index (χ0) is 23.7. The second kappa shape index (κ2) is 8.79. The van der Waals surface area contributed by atoms with Crippen molar-refractivity contribution in [3.05, 3.63) is 95.2 Å². The van der Waals surface area contributed by atoms with Crippen LogP contribution in [0.5, 0.6) is 0 Å². The second-order valence-corrected chi connectivity index (χ2v) is 8.53. The molecule has 2 aromatic carbocycles. The topological polar surface area (TPSA) is 136 Å². The van der Waals surface area contributed by atoms with Crippen molar-refractivity contribution < 1.29 is 19.4 Å². The molecule has 2 amide bonds. The highest BCUT2D eigenvalue weighted by Gasteiger charge is 2.25. The minimum atomic E-state index is -0.800. The Kier molecular flexibility index (Phi) is 5.88. The molecular formula is C22H18N4O6S. The first-order chi connectivity index (χ1) is 15.7. The maximum Gasteiger partial charge on any atom is 0.277 e. The molecule has 10 nitrogen and oxygen atoms in total. The molecule has 0 radical (unpaired) electrons. The van der Waals surface area contributed by atoms with Crippen LogP contribution in [0.25, 0.3) is 0 Å². The van der Waals surface area contributed by atoms with Crippen LogP contribution in [-0.4, -0.2) is 33.1 Å². The number of anilines is 1. The smallest absolute Gasteiger partial charge is 0.277 e. The van der Waals surface area contributed by atoms with Gasteiger partial charge in [0.05, 0.1) is 21.5 Å². The molecule has 0 fully saturated rings. The molecule has 3 aromatic rings. The van der Waals surface area contributed by atoms with Crippen molar-refractivity contribution in [1.29, 1.82) is 0 Å². The molecule has 1 aliphatic heterocycles. The van der Waals surface area contributed by atoms with Gasteiger partial charge < -0.3 is 10.2 Å². The van der Waals surface area contributed by atoms with Gasteiger partial charge in [-0.1, -0.05) is 6.07 Å². The van der Waals surface area contributed by atoms with Gasteiger partial charge in [0.25, 0.3) is 23.2 Å². The fourth-order valence-corrected chi connectivity index (χ4v) is 4.62. The van der Waals surface area contributed by atoms with Crippen LogP contribution in [0.15, 0.2) is 47.8 Å². The number of hydrogen-bond acceptors (Lipinski definition) is 7. The quantitative estimate of drug-likeness (QED) is 0.439. The number of nitro benzene ring substituents is 2. The zero-order valence-electron chi connectivity index (χ0n) is 17.4. The van der Waals surface area contributed by atoms with E-state index >= 15 is 0 Å². The summed E-state index contributed by atoms with van der Waals surface area (Å²) in [5, 5.41) is 26.8. The molecule has 0 atom stereocenters. The summed E-state index contributed by atoms with van der Waals surface area (Å²) in [6, 6.07) is 9.65. The third-order valence-corrected chi connectivity index (χ3v) is 6.52. The van der Waals surface area contributed by atoms with Crippen LogP contribution in [0.2, 0.25) is 0 Å². The number of hydrogen-bond donors (Lipinski definition) is 1. The second-order valence-electron chi connectivity index (χ2n) is 7.53. The highest BCUT2D eigenvalue weighted by atomic mass is 32.1. The summed E-state index contributed by atoms with van der Waals surface area (Å²) in [6.07, 6.45) is 0.791. The first-order valence-electron chi connectivity index (χ1n) is 9.94. The lowest BCUT2D eigenvalue weighted by atomic mass is 10.0. The van der Waals surface area contributed by atoms with Gasteiger partial charge in [0, 0.05) is 41.4 Å². The number of amides is 2. The van der Waals surface area contributed by atoms with Crippen LogP contribution in [0.1, 0.15) is 36.7 Å². The first kappa shape index (κ1) is 22.1. The van der Waals surface area contributed by atoms with Crippen molar-refractivity contribution in [3.8, 4) is 0 Å². The van der Waals surface area contributed by atoms with Crippen molar-refractivity contribution in [1.82, 2.24) is 4.90 Å². The van der Waals surface area contributed by atoms with E-state index in [1.807, 2.05) is 11.4 Å². The van der Waals surface area contributed by atoms with Crippen LogP contribution in [0.4, 0.5) is 17.1 Å². The van der Waals surface area contributed by atoms with E-state index < -0.39 is 27.1 Å². The van der Waals surface area contributed by atoms with Gasteiger partial charge >= 0.3 is 0 Å². The van der Waals surface area contributed by atoms with Gasteiger partial charge in [0.15, 0.2) is 0 Å². The van der Waals surface area contributed by atoms with Crippen LogP contribution < -0.4 is 5.32 Å². The Morgan fingerprint density at radius 1 is 1.06 bits per heavy atom. The summed E-state index contributed by atoms with van der Waals surface area (Å²) in [5.74, 6) is -0.915. The monoisotopic (exact) mass is 466 g/mol. The van der Waals surface area contributed by atoms with Gasteiger partial charge in [-0.05, 0) is 48.1 Å². The summed E-state index contributed by atoms with van der Waals surface area (Å²) >= 11 is 1.68. The average molecular weight is 466 g/mol. The lowest BCUT2D eigenvalue weighted by Gasteiger charge is -2.28. The summed E-state index contributed by atoms with van der Waals surface area (Å²) in [4.78, 5) is 49.6. The van der Waals surface area contributed by atoms with Gasteiger partial charge in [0.1, 0.15) is 0 Å². The van der Waals surface area contributed by atoms with E-state index in [1.165, 1.54) is 4.88 Å². The molecular weight excluding hydrogens is 448 g/mol. The molecule has 0 bridgehead atoms. The Labute approximate surface area is 191 Å². The number of nitro groups is 2. The largest absolute Gasteiger partial charge is 0.334 e. The Morgan fingerprint density at radius 3 is 2.42 bits per heavy atom. The van der Waals surface area contributed by atoms with Gasteiger partial charge in [0.2, 0.25) is 0 Å². The maximum absolute atomic E-state index is 13.2. The van der Waals surface area contributed by atoms with Crippen molar-refractivity contribution in [2.24, 2.45) is 0 Å². The highest BCUT2D eigenvalue weighted by Crippen LogP contribution is 2.28. The van der Waals surface area contributed by atoms with E-state index in [4.69, 9.17) is 0 Å². The van der Waals surface area contributed by atoms with E-state index in [1.54, 1.807) is 41.4 Å². The molecule has 1 N–H and O–H groups in total. The van der Waals surface area contributed by atoms with Gasteiger partial charge in [-0.25, -0.2) is 0 Å². The molecule has 0 unspecified atom stereocenters. The molecule has 1 aromatic heterocycles. The number of nitrogens with one attached hydrogen (secondary N) is 1. The fourth-order valence-electron chi connectivity index (χ4n) is 3.73. The summed E-state index contributed by atoms with van der Waals surface area (Å²) in [6.45, 7) is 2.81. The molecule has 168 valence electrons. The lowest BCUT2D eigenvalue weighted by Crippen LogP contribution is -2.35. The normalized spacial score (nSPS) is 12.7. The van der Waals surface area contributed by atoms with Crippen LogP contribution in [0.3, 0.4) is 0 Å². The Hall–Kier alpha value is -4.12. The molecule has 33 heavy (non-hydrogen) atoms. The summed E-state index contributed by atoms with van der Waals surface area (Å²) in [7, 11) is 0. The predicted molar refractivity (Wildman–Crippen MR) is 122 cm³/mol. The standard InChI is InChI=1S/C22H18N4O6S/c1-13-18(22(28)24-7-5-20-14(12-24)6-8-33-20)3-2-4-19(13)23-21(27)15-9-16(25(29)30)11-17(10-15)26(31)32/h2-4,6,8-11H,5,7,12H2,1H3,(H,23,27). The Balaban J connectivity index is 1.58. The predicted octanol–water partition coefficient (Wildman–Crippen LogP) is 4.32. The van der Waals surface area contributed by atoms with Gasteiger partial charge in [-0.2, -0.15) is 0 Å². The number of carbonyl (C=O) groups excluding carboxylic acids is 2. The van der Waals surface area contributed by atoms with E-state index in [0.717, 1.165) is 30.2 Å². The molecule has 11 heteroatoms. The third-order valence-electron chi connectivity index (χ3n) is 5.49. The first-order valence-corrected chi connectivity index (χ1v) is 10.8. The summed E-state index contributed by atoms with van der Waals surface area (Å²) in [5.41, 5.74) is 1.08. The molecule has 2 heterocycles. The van der Waals surface area contributed by atoms with Crippen LogP contribution in [0, 0.1) is 27.2 Å². The Morgan fingerprint density at radius 2 is 1.76 bits per heavy atom. The van der Waals surface area contributed by atoms with Gasteiger partial charge in [-0.15, -0.1) is 11.3 Å². The van der Waals surface area contributed by atoms with Crippen molar-refractivity contribution in [2.45, 2.75) is 19.9 Å². The van der Waals surface area contributed by atoms with E-state index in [-0.39, 0.29) is 11.5 Å². The maximum atomic E-state index is 13.2. The molecule has 0 saturated heterocycles. The number of fused-ring (bicyclic) bond motifs is 1. The zero-order valence-corrected chi connectivity index (χ0v) is 18.3. The number of thiophene rings is 1. The highest BCUT2D eigenvalue weighted by molar-refractivity contribution is 7.10. The molecule has 4 rings (SSSR count). The molecule has 0 saturated carbocycles. The van der Waals surface area contributed by atoms with Crippen LogP contribution >= 0.6 is 11.3 Å². The summed E-state index contributed by atoms with van der Waals surface area (Å²) < 4.78 is 0. The molecule has 0 aliphatic carbocycles. The number of non-ortho nitro benzene ring substituents is 2. The van der Waals surface area contributed by atoms with Crippen molar-refractivity contribution in [3.63, 3.8) is 0 Å². The van der Waals surface area contributed by atoms with E-state index in [0.29, 0.717) is 29.9 Å². The number of rotatable bonds is 5. The third kappa shape index (κ3) is 4.44. The van der Waals surface area contributed by atoms with Crippen LogP contribution in [-0.2, 0) is 13.0 Å². The Bertz CT molecular complexity index is 1270. The van der Waals surface area contributed by atoms with Crippen molar-refractivity contribution in [2.75, 3.05) is 11.9 Å². The lowest BCUT2D eigenvalue weighted by molar-refractivity contribution is -0.394. The SMILES string of the molecule is Cc1c(NC(=O)c2cc([N+](=O)[O-])cc([N+](=O)[O-])c2)cccc1C(=O)N1CCc2sccc2C1. The van der Waals surface area contributed by atoms with Crippen molar-refractivity contribution >= 4 is 40.2 Å².